The molecule has 1 unspecified atom stereocenters. The number of carbonyl (C=O) groups excluding carboxylic acids is 1. The van der Waals surface area contributed by atoms with E-state index in [0.29, 0.717) is 17.8 Å². The number of aryl methyl sites for hydroxylation is 1. The Labute approximate surface area is 158 Å². The molecule has 3 N–H and O–H groups in total. The summed E-state index contributed by atoms with van der Waals surface area (Å²) in [6.45, 7) is 5.17. The number of hydrogen-bond donors (Lipinski definition) is 3. The molecule has 1 amide bonds. The molecule has 140 valence electrons. The van der Waals surface area contributed by atoms with E-state index in [2.05, 4.69) is 28.4 Å². The fourth-order valence-corrected chi connectivity index (χ4v) is 5.35. The average molecular weight is 395 g/mol. The van der Waals surface area contributed by atoms with Gasteiger partial charge in [0.25, 0.3) is 5.91 Å². The Bertz CT molecular complexity index is 922. The first-order valence-electron chi connectivity index (χ1n) is 8.56. The zero-order valence-electron chi connectivity index (χ0n) is 15.1. The SMILES string of the molecule is CNS(=O)(=O)c1cc(NC(=O)C[NH+]2CCc3sccc3[C@@H]2C)ccc1C. The van der Waals surface area contributed by atoms with Crippen molar-refractivity contribution in [3.8, 4) is 0 Å². The van der Waals surface area contributed by atoms with Gasteiger partial charge in [-0.2, -0.15) is 0 Å². The van der Waals surface area contributed by atoms with Gasteiger partial charge in [-0.25, -0.2) is 13.1 Å². The predicted molar refractivity (Wildman–Crippen MR) is 103 cm³/mol. The number of nitrogens with one attached hydrogen (secondary N) is 3. The second-order valence-electron chi connectivity index (χ2n) is 6.59. The minimum absolute atomic E-state index is 0.109. The maximum absolute atomic E-state index is 12.5. The lowest BCUT2D eigenvalue weighted by Crippen LogP contribution is -3.14. The molecule has 0 fully saturated rings. The summed E-state index contributed by atoms with van der Waals surface area (Å²) in [7, 11) is -2.18. The van der Waals surface area contributed by atoms with Crippen molar-refractivity contribution in [2.24, 2.45) is 0 Å². The zero-order valence-corrected chi connectivity index (χ0v) is 16.8. The van der Waals surface area contributed by atoms with Crippen LogP contribution in [0.1, 0.15) is 29.0 Å². The van der Waals surface area contributed by atoms with Crippen LogP contribution in [-0.2, 0) is 21.2 Å². The average Bonchev–Trinajstić information content (AvgIpc) is 3.08. The summed E-state index contributed by atoms with van der Waals surface area (Å²) in [4.78, 5) is 15.3. The predicted octanol–water partition coefficient (Wildman–Crippen LogP) is 1.11. The largest absolute Gasteiger partial charge is 0.321 e. The standard InChI is InChI=1S/C18H23N3O3S2/c1-12-4-5-14(10-17(12)26(23,24)19-3)20-18(22)11-21-8-6-16-15(13(21)2)7-9-25-16/h4-5,7,9-10,13,19H,6,8,11H2,1-3H3,(H,20,22)/p+1/t13-/m0/s1. The minimum Gasteiger partial charge on any atom is -0.321 e. The number of hydrogen-bond acceptors (Lipinski definition) is 4. The van der Waals surface area contributed by atoms with Crippen LogP contribution in [0, 0.1) is 6.92 Å². The Morgan fingerprint density at radius 1 is 1.35 bits per heavy atom. The van der Waals surface area contributed by atoms with E-state index in [-0.39, 0.29) is 16.8 Å². The molecule has 1 aliphatic rings. The number of sulfonamides is 1. The quantitative estimate of drug-likeness (QED) is 0.711. The molecule has 6 nitrogen and oxygen atoms in total. The van der Waals surface area contributed by atoms with Crippen molar-refractivity contribution < 1.29 is 18.1 Å². The Balaban J connectivity index is 1.70. The van der Waals surface area contributed by atoms with Crippen LogP contribution >= 0.6 is 11.3 Å². The Morgan fingerprint density at radius 3 is 2.85 bits per heavy atom. The fourth-order valence-electron chi connectivity index (χ4n) is 3.38. The molecule has 8 heteroatoms. The van der Waals surface area contributed by atoms with Crippen LogP contribution in [0.25, 0.3) is 0 Å². The minimum atomic E-state index is -3.56. The molecule has 0 radical (unpaired) electrons. The molecule has 1 aliphatic heterocycles. The molecule has 0 saturated heterocycles. The van der Waals surface area contributed by atoms with Gasteiger partial charge < -0.3 is 10.2 Å². The van der Waals surface area contributed by atoms with Crippen molar-refractivity contribution in [3.05, 3.63) is 45.6 Å². The lowest BCUT2D eigenvalue weighted by atomic mass is 10.0. The third-order valence-electron chi connectivity index (χ3n) is 4.95. The van der Waals surface area contributed by atoms with Gasteiger partial charge in [0.1, 0.15) is 6.04 Å². The third kappa shape index (κ3) is 3.83. The van der Waals surface area contributed by atoms with Gasteiger partial charge in [0.15, 0.2) is 6.54 Å². The molecule has 0 bridgehead atoms. The first-order chi connectivity index (χ1) is 12.3. The Morgan fingerprint density at radius 2 is 2.12 bits per heavy atom. The van der Waals surface area contributed by atoms with Crippen LogP contribution < -0.4 is 14.9 Å². The van der Waals surface area contributed by atoms with E-state index in [4.69, 9.17) is 0 Å². The van der Waals surface area contributed by atoms with Crippen LogP contribution in [-0.4, -0.2) is 34.5 Å². The molecular formula is C18H24N3O3S2+. The lowest BCUT2D eigenvalue weighted by Gasteiger charge is -2.29. The molecule has 0 aliphatic carbocycles. The highest BCUT2D eigenvalue weighted by Gasteiger charge is 2.29. The Kier molecular flexibility index (Phi) is 5.47. The van der Waals surface area contributed by atoms with Crippen molar-refractivity contribution in [2.45, 2.75) is 31.2 Å². The van der Waals surface area contributed by atoms with Gasteiger partial charge in [-0.15, -0.1) is 11.3 Å². The van der Waals surface area contributed by atoms with Crippen molar-refractivity contribution in [3.63, 3.8) is 0 Å². The highest BCUT2D eigenvalue weighted by Crippen LogP contribution is 2.24. The lowest BCUT2D eigenvalue weighted by molar-refractivity contribution is -0.923. The van der Waals surface area contributed by atoms with Crippen LogP contribution in [0.4, 0.5) is 5.69 Å². The molecule has 1 aromatic heterocycles. The number of benzene rings is 1. The molecule has 0 spiro atoms. The molecule has 3 rings (SSSR count). The number of rotatable bonds is 5. The summed E-state index contributed by atoms with van der Waals surface area (Å²) in [6.07, 6.45) is 0.995. The highest BCUT2D eigenvalue weighted by molar-refractivity contribution is 7.89. The van der Waals surface area contributed by atoms with E-state index >= 15 is 0 Å². The molecule has 26 heavy (non-hydrogen) atoms. The molecular weight excluding hydrogens is 370 g/mol. The van der Waals surface area contributed by atoms with Crippen molar-refractivity contribution >= 4 is 33.0 Å². The van der Waals surface area contributed by atoms with Crippen LogP contribution in [0.3, 0.4) is 0 Å². The first kappa shape index (κ1) is 19.0. The van der Waals surface area contributed by atoms with Gasteiger partial charge in [-0.3, -0.25) is 4.79 Å². The molecule has 2 atom stereocenters. The van der Waals surface area contributed by atoms with E-state index in [0.717, 1.165) is 13.0 Å². The maximum atomic E-state index is 12.5. The molecule has 0 saturated carbocycles. The number of fused-ring (bicyclic) bond motifs is 1. The zero-order chi connectivity index (χ0) is 18.9. The summed E-state index contributed by atoms with van der Waals surface area (Å²) in [6, 6.07) is 7.37. The van der Waals surface area contributed by atoms with Crippen LogP contribution in [0.2, 0.25) is 0 Å². The topological polar surface area (TPSA) is 79.7 Å². The summed E-state index contributed by atoms with van der Waals surface area (Å²) < 4.78 is 26.5. The van der Waals surface area contributed by atoms with Gasteiger partial charge >= 0.3 is 0 Å². The van der Waals surface area contributed by atoms with Crippen LogP contribution in [0.15, 0.2) is 34.5 Å². The summed E-state index contributed by atoms with van der Waals surface area (Å²) in [5, 5.41) is 4.95. The maximum Gasteiger partial charge on any atom is 0.279 e. The van der Waals surface area contributed by atoms with E-state index in [1.165, 1.54) is 28.5 Å². The highest BCUT2D eigenvalue weighted by atomic mass is 32.2. The number of amides is 1. The summed E-state index contributed by atoms with van der Waals surface area (Å²) >= 11 is 1.78. The van der Waals surface area contributed by atoms with Gasteiger partial charge in [0.2, 0.25) is 10.0 Å². The van der Waals surface area contributed by atoms with E-state index in [1.807, 2.05) is 0 Å². The van der Waals surface area contributed by atoms with E-state index < -0.39 is 10.0 Å². The van der Waals surface area contributed by atoms with E-state index in [1.54, 1.807) is 30.4 Å². The molecule has 1 aromatic carbocycles. The van der Waals surface area contributed by atoms with E-state index in [9.17, 15) is 13.2 Å². The number of thiophene rings is 1. The van der Waals surface area contributed by atoms with Gasteiger partial charge in [0.05, 0.1) is 11.4 Å². The Hall–Kier alpha value is -1.74. The summed E-state index contributed by atoms with van der Waals surface area (Å²) in [5.41, 5.74) is 2.47. The van der Waals surface area contributed by atoms with Crippen molar-refractivity contribution in [1.29, 1.82) is 0 Å². The van der Waals surface area contributed by atoms with Crippen molar-refractivity contribution in [2.75, 3.05) is 25.5 Å². The first-order valence-corrected chi connectivity index (χ1v) is 10.9. The third-order valence-corrected chi connectivity index (χ3v) is 7.50. The number of quaternary nitrogens is 1. The normalized spacial score (nSPS) is 19.8. The van der Waals surface area contributed by atoms with Gasteiger partial charge in [0, 0.05) is 22.5 Å². The van der Waals surface area contributed by atoms with Crippen molar-refractivity contribution in [1.82, 2.24) is 4.72 Å². The molecule has 2 aromatic rings. The smallest absolute Gasteiger partial charge is 0.279 e. The van der Waals surface area contributed by atoms with Gasteiger partial charge in [-0.1, -0.05) is 6.07 Å². The fraction of sp³-hybridized carbons (Fsp3) is 0.389. The second kappa shape index (κ2) is 7.48. The summed E-state index contributed by atoms with van der Waals surface area (Å²) in [5.74, 6) is -0.109. The van der Waals surface area contributed by atoms with Crippen LogP contribution in [0.5, 0.6) is 0 Å². The monoisotopic (exact) mass is 394 g/mol. The molecule has 2 heterocycles. The number of carbonyl (C=O) groups is 1. The second-order valence-corrected chi connectivity index (χ2v) is 9.45. The van der Waals surface area contributed by atoms with Gasteiger partial charge in [-0.05, 0) is 50.0 Å². The number of anilines is 1.